The molecule has 132 valence electrons. The van der Waals surface area contributed by atoms with Gasteiger partial charge in [0.15, 0.2) is 6.10 Å². The first-order valence-electron chi connectivity index (χ1n) is 8.38. The molecular formula is C20H22O5. The summed E-state index contributed by atoms with van der Waals surface area (Å²) in [6, 6.07) is 19.6. The van der Waals surface area contributed by atoms with Gasteiger partial charge in [-0.25, -0.2) is 4.79 Å². The maximum absolute atomic E-state index is 11.2. The lowest BCUT2D eigenvalue weighted by atomic mass is 10.1. The van der Waals surface area contributed by atoms with E-state index >= 15 is 0 Å². The Balaban J connectivity index is 1.53. The Hall–Kier alpha value is -2.21. The van der Waals surface area contributed by atoms with Crippen molar-refractivity contribution < 1.29 is 24.1 Å². The van der Waals surface area contributed by atoms with Crippen LogP contribution >= 0.6 is 0 Å². The molecule has 2 aromatic rings. The van der Waals surface area contributed by atoms with Crippen LogP contribution in [-0.4, -0.2) is 36.0 Å². The van der Waals surface area contributed by atoms with Gasteiger partial charge in [-0.15, -0.1) is 0 Å². The highest BCUT2D eigenvalue weighted by Gasteiger charge is 2.39. The molecule has 25 heavy (non-hydrogen) atoms. The molecule has 0 amide bonds. The standard InChI is InChI=1S/C20H22O5/c21-20(22)18-11-17(24-13-16-9-5-2-6-10-16)19(25-18)14-23-12-15-7-3-1-4-8-15/h1-10,17-19H,11-14H2,(H,21,22)/t17-,18+,19+/m0/s1. The van der Waals surface area contributed by atoms with Crippen molar-refractivity contribution >= 4 is 5.97 Å². The van der Waals surface area contributed by atoms with Crippen LogP contribution in [0.2, 0.25) is 0 Å². The first-order valence-corrected chi connectivity index (χ1v) is 8.38. The highest BCUT2D eigenvalue weighted by atomic mass is 16.6. The first kappa shape index (κ1) is 17.6. The van der Waals surface area contributed by atoms with Gasteiger partial charge in [0.2, 0.25) is 0 Å². The largest absolute Gasteiger partial charge is 0.479 e. The van der Waals surface area contributed by atoms with Gasteiger partial charge >= 0.3 is 5.97 Å². The molecule has 0 aliphatic carbocycles. The summed E-state index contributed by atoms with van der Waals surface area (Å²) in [6.45, 7) is 1.19. The fourth-order valence-corrected chi connectivity index (χ4v) is 2.84. The van der Waals surface area contributed by atoms with E-state index in [4.69, 9.17) is 14.2 Å². The lowest BCUT2D eigenvalue weighted by Gasteiger charge is -2.19. The lowest BCUT2D eigenvalue weighted by Crippen LogP contribution is -2.29. The van der Waals surface area contributed by atoms with Gasteiger partial charge in [0.25, 0.3) is 0 Å². The topological polar surface area (TPSA) is 65.0 Å². The zero-order chi connectivity index (χ0) is 17.5. The summed E-state index contributed by atoms with van der Waals surface area (Å²) >= 11 is 0. The van der Waals surface area contributed by atoms with E-state index in [1.165, 1.54) is 0 Å². The van der Waals surface area contributed by atoms with Crippen LogP contribution in [0.25, 0.3) is 0 Å². The maximum atomic E-state index is 11.2. The molecular weight excluding hydrogens is 320 g/mol. The monoisotopic (exact) mass is 342 g/mol. The maximum Gasteiger partial charge on any atom is 0.332 e. The van der Waals surface area contributed by atoms with E-state index in [0.29, 0.717) is 26.2 Å². The molecule has 0 bridgehead atoms. The number of hydrogen-bond donors (Lipinski definition) is 1. The van der Waals surface area contributed by atoms with Crippen molar-refractivity contribution in [2.45, 2.75) is 37.9 Å². The predicted octanol–water partition coefficient (Wildman–Crippen LogP) is 3.03. The molecule has 0 radical (unpaired) electrons. The SMILES string of the molecule is O=C(O)[C@H]1C[C@H](OCc2ccccc2)[C@@H](COCc2ccccc2)O1. The molecule has 0 spiro atoms. The van der Waals surface area contributed by atoms with Crippen molar-refractivity contribution in [3.63, 3.8) is 0 Å². The minimum Gasteiger partial charge on any atom is -0.479 e. The fraction of sp³-hybridized carbons (Fsp3) is 0.350. The smallest absolute Gasteiger partial charge is 0.332 e. The normalized spacial score (nSPS) is 22.8. The van der Waals surface area contributed by atoms with Crippen molar-refractivity contribution in [1.29, 1.82) is 0 Å². The summed E-state index contributed by atoms with van der Waals surface area (Å²) in [7, 11) is 0. The van der Waals surface area contributed by atoms with Crippen LogP contribution in [0, 0.1) is 0 Å². The molecule has 2 aromatic carbocycles. The van der Waals surface area contributed by atoms with Crippen molar-refractivity contribution in [3.8, 4) is 0 Å². The summed E-state index contributed by atoms with van der Waals surface area (Å²) in [5, 5.41) is 9.22. The van der Waals surface area contributed by atoms with Crippen LogP contribution in [0.1, 0.15) is 17.5 Å². The highest BCUT2D eigenvalue weighted by molar-refractivity contribution is 5.72. The first-order chi connectivity index (χ1) is 12.2. The van der Waals surface area contributed by atoms with E-state index in [2.05, 4.69) is 0 Å². The number of benzene rings is 2. The molecule has 1 aliphatic heterocycles. The van der Waals surface area contributed by atoms with E-state index < -0.39 is 12.1 Å². The third-order valence-corrected chi connectivity index (χ3v) is 4.18. The molecule has 3 atom stereocenters. The van der Waals surface area contributed by atoms with Crippen LogP contribution < -0.4 is 0 Å². The molecule has 1 N–H and O–H groups in total. The number of aliphatic carboxylic acids is 1. The average molecular weight is 342 g/mol. The fourth-order valence-electron chi connectivity index (χ4n) is 2.84. The van der Waals surface area contributed by atoms with Gasteiger partial charge in [0.1, 0.15) is 6.10 Å². The van der Waals surface area contributed by atoms with Crippen molar-refractivity contribution in [1.82, 2.24) is 0 Å². The number of carboxylic acids is 1. The van der Waals surface area contributed by atoms with E-state index in [-0.39, 0.29) is 12.2 Å². The van der Waals surface area contributed by atoms with Gasteiger partial charge in [0, 0.05) is 6.42 Å². The second kappa shape index (κ2) is 8.76. The van der Waals surface area contributed by atoms with Crippen LogP contribution in [0.3, 0.4) is 0 Å². The zero-order valence-corrected chi connectivity index (χ0v) is 13.9. The Kier molecular flexibility index (Phi) is 6.17. The third kappa shape index (κ3) is 5.13. The van der Waals surface area contributed by atoms with Gasteiger partial charge < -0.3 is 19.3 Å². The molecule has 3 rings (SSSR count). The van der Waals surface area contributed by atoms with Crippen LogP contribution in [-0.2, 0) is 32.2 Å². The molecule has 0 saturated carbocycles. The van der Waals surface area contributed by atoms with Gasteiger partial charge in [-0.2, -0.15) is 0 Å². The number of rotatable bonds is 8. The number of hydrogen-bond acceptors (Lipinski definition) is 4. The molecule has 1 saturated heterocycles. The molecule has 1 aliphatic rings. The average Bonchev–Trinajstić information content (AvgIpc) is 3.05. The van der Waals surface area contributed by atoms with Gasteiger partial charge in [-0.05, 0) is 11.1 Å². The van der Waals surface area contributed by atoms with E-state index in [0.717, 1.165) is 11.1 Å². The van der Waals surface area contributed by atoms with Crippen LogP contribution in [0.4, 0.5) is 0 Å². The third-order valence-electron chi connectivity index (χ3n) is 4.18. The predicted molar refractivity (Wildman–Crippen MR) is 92.0 cm³/mol. The van der Waals surface area contributed by atoms with E-state index in [9.17, 15) is 9.90 Å². The van der Waals surface area contributed by atoms with Crippen molar-refractivity contribution in [2.24, 2.45) is 0 Å². The van der Waals surface area contributed by atoms with E-state index in [1.807, 2.05) is 60.7 Å². The summed E-state index contributed by atoms with van der Waals surface area (Å²) < 4.78 is 17.2. The van der Waals surface area contributed by atoms with Gasteiger partial charge in [-0.3, -0.25) is 0 Å². The zero-order valence-electron chi connectivity index (χ0n) is 13.9. The second-order valence-electron chi connectivity index (χ2n) is 6.07. The van der Waals surface area contributed by atoms with Crippen LogP contribution in [0.5, 0.6) is 0 Å². The summed E-state index contributed by atoms with van der Waals surface area (Å²) in [4.78, 5) is 11.2. The minimum atomic E-state index is -0.959. The van der Waals surface area contributed by atoms with Gasteiger partial charge in [0.05, 0.1) is 25.9 Å². The molecule has 0 aromatic heterocycles. The summed E-state index contributed by atoms with van der Waals surface area (Å²) in [6.07, 6.45) is -1.18. The Morgan fingerprint density at radius 1 is 1.00 bits per heavy atom. The van der Waals surface area contributed by atoms with Crippen LogP contribution in [0.15, 0.2) is 60.7 Å². The minimum absolute atomic E-state index is 0.294. The van der Waals surface area contributed by atoms with Crippen molar-refractivity contribution in [3.05, 3.63) is 71.8 Å². The Morgan fingerprint density at radius 3 is 2.20 bits per heavy atom. The second-order valence-corrected chi connectivity index (χ2v) is 6.07. The molecule has 5 nitrogen and oxygen atoms in total. The highest BCUT2D eigenvalue weighted by Crippen LogP contribution is 2.25. The Labute approximate surface area is 147 Å². The van der Waals surface area contributed by atoms with Crippen molar-refractivity contribution in [2.75, 3.05) is 6.61 Å². The van der Waals surface area contributed by atoms with Gasteiger partial charge in [-0.1, -0.05) is 60.7 Å². The van der Waals surface area contributed by atoms with E-state index in [1.54, 1.807) is 0 Å². The lowest BCUT2D eigenvalue weighted by molar-refractivity contribution is -0.151. The molecule has 1 fully saturated rings. The number of ether oxygens (including phenoxy) is 3. The molecule has 0 unspecified atom stereocenters. The molecule has 5 heteroatoms. The quantitative estimate of drug-likeness (QED) is 0.799. The number of carboxylic acid groups (broad SMARTS) is 1. The summed E-state index contributed by atoms with van der Waals surface area (Å²) in [5.41, 5.74) is 2.11. The summed E-state index contributed by atoms with van der Waals surface area (Å²) in [5.74, 6) is -0.959. The Bertz CT molecular complexity index is 658. The number of carbonyl (C=O) groups is 1. The Morgan fingerprint density at radius 2 is 1.60 bits per heavy atom. The molecule has 1 heterocycles.